The minimum atomic E-state index is -2.21. The smallest absolute Gasteiger partial charge is 0.362 e. The summed E-state index contributed by atoms with van der Waals surface area (Å²) >= 11 is 0. The van der Waals surface area contributed by atoms with E-state index >= 15 is 0 Å². The van der Waals surface area contributed by atoms with Gasteiger partial charge in [0.15, 0.2) is 0 Å². The molecule has 0 unspecified atom stereocenters. The fourth-order valence-electron chi connectivity index (χ4n) is 3.09. The van der Waals surface area contributed by atoms with Gasteiger partial charge in [-0.25, -0.2) is 27.9 Å². The van der Waals surface area contributed by atoms with E-state index < -0.39 is 17.4 Å². The molecule has 0 radical (unpaired) electrons. The van der Waals surface area contributed by atoms with Gasteiger partial charge in [0, 0.05) is 0 Å². The van der Waals surface area contributed by atoms with Crippen LogP contribution in [0.2, 0.25) is 0 Å². The minimum absolute atomic E-state index is 0.198. The van der Waals surface area contributed by atoms with E-state index in [4.69, 9.17) is 0 Å². The Morgan fingerprint density at radius 1 is 0.957 bits per heavy atom. The third-order valence-electron chi connectivity index (χ3n) is 4.15. The fourth-order valence-corrected chi connectivity index (χ4v) is 3.09. The summed E-state index contributed by atoms with van der Waals surface area (Å²) in [6, 6.07) is 0. The number of carbonyl (C=O) groups is 2. The van der Waals surface area contributed by atoms with Crippen LogP contribution in [-0.4, -0.2) is 31.3 Å². The van der Waals surface area contributed by atoms with Crippen LogP contribution < -0.4 is 9.13 Å². The van der Waals surface area contributed by atoms with E-state index in [0.29, 0.717) is 13.1 Å². The fraction of sp³-hybridized carbons (Fsp3) is 0.467. The molecule has 124 valence electrons. The molecule has 0 aliphatic rings. The highest BCUT2D eigenvalue weighted by molar-refractivity contribution is 6.06. The number of nitrogens with zero attached hydrogens (tertiary/aromatic N) is 4. The standard InChI is InChI=1S/C15H20N4O4/c1-5-18-9-7-16(3)11(18)15(13(20)21,14(22)23)12-17(4)8-10-19(12)6-2/h7-10H,5-6H2,1-4H3/p+2. The van der Waals surface area contributed by atoms with Crippen molar-refractivity contribution in [1.29, 1.82) is 0 Å². The molecule has 23 heavy (non-hydrogen) atoms. The zero-order valence-corrected chi connectivity index (χ0v) is 13.7. The van der Waals surface area contributed by atoms with Crippen molar-refractivity contribution in [3.63, 3.8) is 0 Å². The third-order valence-corrected chi connectivity index (χ3v) is 4.15. The van der Waals surface area contributed by atoms with Crippen LogP contribution in [-0.2, 0) is 42.2 Å². The van der Waals surface area contributed by atoms with Gasteiger partial charge in [-0.2, -0.15) is 0 Å². The Bertz CT molecular complexity index is 695. The summed E-state index contributed by atoms with van der Waals surface area (Å²) in [5.74, 6) is -2.44. The molecule has 0 amide bonds. The molecule has 8 heteroatoms. The van der Waals surface area contributed by atoms with Gasteiger partial charge in [0.1, 0.15) is 24.8 Å². The number of carboxylic acid groups (broad SMARTS) is 2. The molecule has 0 aromatic carbocycles. The molecule has 2 aromatic heterocycles. The van der Waals surface area contributed by atoms with Crippen LogP contribution >= 0.6 is 0 Å². The van der Waals surface area contributed by atoms with Gasteiger partial charge in [-0.3, -0.25) is 0 Å². The molecule has 0 spiro atoms. The van der Waals surface area contributed by atoms with Crippen LogP contribution in [0.25, 0.3) is 0 Å². The second-order valence-corrected chi connectivity index (χ2v) is 5.40. The van der Waals surface area contributed by atoms with Gasteiger partial charge in [-0.1, -0.05) is 0 Å². The van der Waals surface area contributed by atoms with Gasteiger partial charge in [0.25, 0.3) is 11.6 Å². The van der Waals surface area contributed by atoms with E-state index in [9.17, 15) is 19.8 Å². The molecule has 2 heterocycles. The number of hydrogen-bond acceptors (Lipinski definition) is 2. The maximum absolute atomic E-state index is 12.3. The number of aryl methyl sites for hydroxylation is 4. The van der Waals surface area contributed by atoms with E-state index in [-0.39, 0.29) is 11.6 Å². The van der Waals surface area contributed by atoms with Gasteiger partial charge in [-0.05, 0) is 13.8 Å². The Morgan fingerprint density at radius 3 is 1.57 bits per heavy atom. The van der Waals surface area contributed by atoms with E-state index in [1.54, 1.807) is 57.2 Å². The van der Waals surface area contributed by atoms with Gasteiger partial charge < -0.3 is 10.2 Å². The Kier molecular flexibility index (Phi) is 4.26. The summed E-state index contributed by atoms with van der Waals surface area (Å²) in [5.41, 5.74) is -2.21. The third kappa shape index (κ3) is 2.21. The number of aliphatic carboxylic acids is 2. The van der Waals surface area contributed by atoms with E-state index in [1.165, 1.54) is 0 Å². The lowest BCUT2D eigenvalue weighted by molar-refractivity contribution is -0.695. The lowest BCUT2D eigenvalue weighted by atomic mass is 9.85. The normalized spacial score (nSPS) is 11.7. The molecule has 0 atom stereocenters. The summed E-state index contributed by atoms with van der Waals surface area (Å²) in [7, 11) is 3.31. The number of carboxylic acids is 2. The largest absolute Gasteiger partial charge is 0.479 e. The SMILES string of the molecule is CCn1cc[n+](C)c1C(C(=O)O)(C(=O)O)c1n(CC)cc[n+]1C. The van der Waals surface area contributed by atoms with Crippen LogP contribution in [0.5, 0.6) is 0 Å². The minimum Gasteiger partial charge on any atom is -0.479 e. The Balaban J connectivity index is 2.98. The average molecular weight is 322 g/mol. The van der Waals surface area contributed by atoms with E-state index in [1.807, 2.05) is 13.8 Å². The van der Waals surface area contributed by atoms with Gasteiger partial charge in [-0.15, -0.1) is 0 Å². The van der Waals surface area contributed by atoms with Crippen LogP contribution in [0, 0.1) is 0 Å². The first kappa shape index (κ1) is 16.7. The lowest BCUT2D eigenvalue weighted by Crippen LogP contribution is -2.59. The van der Waals surface area contributed by atoms with Crippen LogP contribution in [0.15, 0.2) is 24.8 Å². The van der Waals surface area contributed by atoms with Crippen LogP contribution in [0.3, 0.4) is 0 Å². The Labute approximate surface area is 133 Å². The molecular weight excluding hydrogens is 300 g/mol. The molecule has 0 aliphatic heterocycles. The monoisotopic (exact) mass is 322 g/mol. The average Bonchev–Trinajstić information content (AvgIpc) is 3.04. The topological polar surface area (TPSA) is 92.2 Å². The summed E-state index contributed by atoms with van der Waals surface area (Å²) < 4.78 is 6.40. The number of hydrogen-bond donors (Lipinski definition) is 2. The lowest BCUT2D eigenvalue weighted by Gasteiger charge is -2.20. The second kappa shape index (κ2) is 5.86. The number of imidazole rings is 2. The van der Waals surface area contributed by atoms with Crippen molar-refractivity contribution in [2.75, 3.05) is 0 Å². The first-order valence-corrected chi connectivity index (χ1v) is 7.39. The highest BCUT2D eigenvalue weighted by atomic mass is 16.4. The molecular formula is C15H22N4O4+2. The highest BCUT2D eigenvalue weighted by Gasteiger charge is 2.65. The Hall–Kier alpha value is -2.64. The van der Waals surface area contributed by atoms with Crippen molar-refractivity contribution in [1.82, 2.24) is 9.13 Å². The van der Waals surface area contributed by atoms with Gasteiger partial charge in [0.05, 0.1) is 27.2 Å². The molecule has 0 fully saturated rings. The van der Waals surface area contributed by atoms with Crippen molar-refractivity contribution in [2.24, 2.45) is 14.1 Å². The predicted molar refractivity (Wildman–Crippen MR) is 78.6 cm³/mol. The summed E-state index contributed by atoms with van der Waals surface area (Å²) in [6.07, 6.45) is 6.71. The quantitative estimate of drug-likeness (QED) is 0.550. The summed E-state index contributed by atoms with van der Waals surface area (Å²) in [5, 5.41) is 20.0. The van der Waals surface area contributed by atoms with Crippen molar-refractivity contribution in [2.45, 2.75) is 32.4 Å². The Morgan fingerprint density at radius 2 is 1.30 bits per heavy atom. The van der Waals surface area contributed by atoms with Crippen LogP contribution in [0.4, 0.5) is 0 Å². The van der Waals surface area contributed by atoms with Crippen molar-refractivity contribution >= 4 is 11.9 Å². The highest BCUT2D eigenvalue weighted by Crippen LogP contribution is 2.30. The van der Waals surface area contributed by atoms with Gasteiger partial charge >= 0.3 is 17.4 Å². The van der Waals surface area contributed by atoms with E-state index in [2.05, 4.69) is 0 Å². The zero-order chi connectivity index (χ0) is 17.4. The molecule has 0 saturated heterocycles. The maximum atomic E-state index is 12.3. The predicted octanol–water partition coefficient (Wildman–Crippen LogP) is -0.566. The molecule has 0 aliphatic carbocycles. The van der Waals surface area contributed by atoms with Crippen molar-refractivity contribution in [3.05, 3.63) is 36.4 Å². The van der Waals surface area contributed by atoms with Crippen molar-refractivity contribution in [3.8, 4) is 0 Å². The molecule has 2 aromatic rings. The molecule has 8 nitrogen and oxygen atoms in total. The molecule has 0 bridgehead atoms. The second-order valence-electron chi connectivity index (χ2n) is 5.40. The first-order valence-electron chi connectivity index (χ1n) is 7.39. The maximum Gasteiger partial charge on any atom is 0.362 e. The van der Waals surface area contributed by atoms with Crippen LogP contribution in [0.1, 0.15) is 25.5 Å². The zero-order valence-electron chi connectivity index (χ0n) is 13.7. The molecule has 2 rings (SSSR count). The summed E-state index contributed by atoms with van der Waals surface area (Å²) in [6.45, 7) is 4.62. The summed E-state index contributed by atoms with van der Waals surface area (Å²) in [4.78, 5) is 24.5. The van der Waals surface area contributed by atoms with Gasteiger partial charge in [0.2, 0.25) is 0 Å². The first-order chi connectivity index (χ1) is 10.8. The van der Waals surface area contributed by atoms with E-state index in [0.717, 1.165) is 0 Å². The van der Waals surface area contributed by atoms with Crippen molar-refractivity contribution < 1.29 is 28.9 Å². The molecule has 2 N–H and O–H groups in total. The number of aromatic nitrogens is 4. The molecule has 0 saturated carbocycles. The number of rotatable bonds is 6.